The largest absolute Gasteiger partial charge is 0.306 e. The maximum Gasteiger partial charge on any atom is 0.146 e. The maximum atomic E-state index is 4.81. The van der Waals surface area contributed by atoms with Crippen molar-refractivity contribution in [2.24, 2.45) is 0 Å². The molecule has 0 spiro atoms. The van der Waals surface area contributed by atoms with Gasteiger partial charge in [0.15, 0.2) is 0 Å². The van der Waals surface area contributed by atoms with Crippen LogP contribution in [0.5, 0.6) is 0 Å². The van der Waals surface area contributed by atoms with Crippen LogP contribution in [-0.4, -0.2) is 24.3 Å². The fraction of sp³-hybridized carbons (Fsp3) is 0.143. The number of aryl methyl sites for hydroxylation is 3. The average Bonchev–Trinajstić information content (AvgIpc) is 3.10. The van der Waals surface area contributed by atoms with Crippen molar-refractivity contribution in [2.75, 3.05) is 0 Å². The van der Waals surface area contributed by atoms with Crippen molar-refractivity contribution in [2.45, 2.75) is 19.8 Å². The van der Waals surface area contributed by atoms with Gasteiger partial charge in [-0.3, -0.25) is 15.0 Å². The first-order chi connectivity index (χ1) is 12.8. The Morgan fingerprint density at radius 3 is 2.62 bits per heavy atom. The Labute approximate surface area is 150 Å². The van der Waals surface area contributed by atoms with Crippen LogP contribution in [0.15, 0.2) is 61.1 Å². The third-order valence-electron chi connectivity index (χ3n) is 4.63. The monoisotopic (exact) mass is 339 g/mol. The first-order valence-electron chi connectivity index (χ1n) is 8.71. The van der Waals surface area contributed by atoms with Crippen molar-refractivity contribution >= 4 is 27.6 Å². The zero-order chi connectivity index (χ0) is 17.5. The summed E-state index contributed by atoms with van der Waals surface area (Å²) >= 11 is 0. The van der Waals surface area contributed by atoms with E-state index in [0.717, 1.165) is 57.5 Å². The normalized spacial score (nSPS) is 11.6. The molecule has 0 aliphatic rings. The number of pyridine rings is 4. The fourth-order valence-corrected chi connectivity index (χ4v) is 3.32. The molecule has 0 saturated heterocycles. The van der Waals surface area contributed by atoms with Crippen molar-refractivity contribution in [3.8, 4) is 0 Å². The van der Waals surface area contributed by atoms with Gasteiger partial charge in [-0.1, -0.05) is 0 Å². The van der Waals surface area contributed by atoms with Gasteiger partial charge in [0.05, 0.1) is 22.2 Å². The molecule has 0 aliphatic carbocycles. The van der Waals surface area contributed by atoms with Crippen LogP contribution >= 0.6 is 0 Å². The molecule has 0 radical (unpaired) electrons. The lowest BCUT2D eigenvalue weighted by atomic mass is 10.1. The van der Waals surface area contributed by atoms with Gasteiger partial charge in [0.2, 0.25) is 0 Å². The molecule has 0 bridgehead atoms. The van der Waals surface area contributed by atoms with Crippen LogP contribution in [0.2, 0.25) is 0 Å². The molecule has 126 valence electrons. The van der Waals surface area contributed by atoms with E-state index in [1.807, 2.05) is 49.6 Å². The molecule has 0 fully saturated rings. The zero-order valence-corrected chi connectivity index (χ0v) is 14.4. The Hall–Kier alpha value is -3.34. The second kappa shape index (κ2) is 5.88. The quantitative estimate of drug-likeness (QED) is 0.500. The number of fused-ring (bicyclic) bond motifs is 4. The van der Waals surface area contributed by atoms with E-state index in [-0.39, 0.29) is 0 Å². The molecule has 5 aromatic heterocycles. The third-order valence-corrected chi connectivity index (χ3v) is 4.63. The lowest BCUT2D eigenvalue weighted by Crippen LogP contribution is -1.96. The first-order valence-corrected chi connectivity index (χ1v) is 8.71. The van der Waals surface area contributed by atoms with E-state index in [1.54, 1.807) is 0 Å². The van der Waals surface area contributed by atoms with E-state index >= 15 is 0 Å². The molecule has 0 N–H and O–H groups in total. The van der Waals surface area contributed by atoms with Crippen LogP contribution in [0.25, 0.3) is 27.6 Å². The molecule has 0 aliphatic heterocycles. The van der Waals surface area contributed by atoms with Gasteiger partial charge in [0, 0.05) is 35.4 Å². The third kappa shape index (κ3) is 2.58. The topological polar surface area (TPSA) is 56.0 Å². The van der Waals surface area contributed by atoms with Gasteiger partial charge in [-0.2, -0.15) is 0 Å². The Balaban J connectivity index is 1.44. The van der Waals surface area contributed by atoms with E-state index in [0.29, 0.717) is 0 Å². The maximum absolute atomic E-state index is 4.81. The van der Waals surface area contributed by atoms with Gasteiger partial charge in [-0.15, -0.1) is 0 Å². The second-order valence-corrected chi connectivity index (χ2v) is 6.51. The summed E-state index contributed by atoms with van der Waals surface area (Å²) in [5, 5.41) is 1.08. The van der Waals surface area contributed by atoms with Crippen LogP contribution in [0, 0.1) is 6.92 Å². The van der Waals surface area contributed by atoms with E-state index < -0.39 is 0 Å². The molecule has 0 saturated carbocycles. The summed E-state index contributed by atoms with van der Waals surface area (Å²) in [5.41, 5.74) is 6.95. The zero-order valence-electron chi connectivity index (χ0n) is 14.4. The molecule has 0 unspecified atom stereocenters. The van der Waals surface area contributed by atoms with Crippen molar-refractivity contribution in [3.63, 3.8) is 0 Å². The first kappa shape index (κ1) is 15.0. The highest BCUT2D eigenvalue weighted by Crippen LogP contribution is 2.18. The highest BCUT2D eigenvalue weighted by molar-refractivity contribution is 5.91. The van der Waals surface area contributed by atoms with Gasteiger partial charge in [-0.25, -0.2) is 4.98 Å². The van der Waals surface area contributed by atoms with Crippen LogP contribution in [0.3, 0.4) is 0 Å². The fourth-order valence-electron chi connectivity index (χ4n) is 3.32. The summed E-state index contributed by atoms with van der Waals surface area (Å²) in [5.74, 6) is 0. The standard InChI is InChI=1S/C21H17N5/c1-14-4-8-20-19(23-14)9-7-15(24-20)5-6-16-13-26-12-10-18-17(21(26)25-16)3-2-11-22-18/h2-4,7-13H,5-6H2,1H3. The molecule has 5 nitrogen and oxygen atoms in total. The SMILES string of the molecule is Cc1ccc2nc(CCc3cn4ccc5ncccc5c4n3)ccc2n1. The van der Waals surface area contributed by atoms with Crippen LogP contribution < -0.4 is 0 Å². The summed E-state index contributed by atoms with van der Waals surface area (Å²) in [4.78, 5) is 18.4. The molecule has 0 atom stereocenters. The molecular weight excluding hydrogens is 322 g/mol. The lowest BCUT2D eigenvalue weighted by molar-refractivity contribution is 0.896. The lowest BCUT2D eigenvalue weighted by Gasteiger charge is -2.02. The van der Waals surface area contributed by atoms with Crippen LogP contribution in [-0.2, 0) is 12.8 Å². The van der Waals surface area contributed by atoms with Gasteiger partial charge in [-0.05, 0) is 62.2 Å². The van der Waals surface area contributed by atoms with Crippen LogP contribution in [0.4, 0.5) is 0 Å². The predicted molar refractivity (Wildman–Crippen MR) is 102 cm³/mol. The molecular formula is C21H17N5. The van der Waals surface area contributed by atoms with Crippen LogP contribution in [0.1, 0.15) is 17.1 Å². The summed E-state index contributed by atoms with van der Waals surface area (Å²) in [7, 11) is 0. The van der Waals surface area contributed by atoms with Crippen molar-refractivity contribution < 1.29 is 0 Å². The summed E-state index contributed by atoms with van der Waals surface area (Å²) in [6.07, 6.45) is 7.62. The highest BCUT2D eigenvalue weighted by Gasteiger charge is 2.07. The minimum atomic E-state index is 0.848. The molecule has 5 heterocycles. The van der Waals surface area contributed by atoms with Gasteiger partial charge in [0.25, 0.3) is 0 Å². The van der Waals surface area contributed by atoms with E-state index in [4.69, 9.17) is 9.97 Å². The summed E-state index contributed by atoms with van der Waals surface area (Å²) < 4.78 is 2.07. The van der Waals surface area contributed by atoms with E-state index in [9.17, 15) is 0 Å². The van der Waals surface area contributed by atoms with E-state index in [2.05, 4.69) is 32.7 Å². The Morgan fingerprint density at radius 1 is 0.808 bits per heavy atom. The number of hydrogen-bond acceptors (Lipinski definition) is 4. The molecule has 5 heteroatoms. The minimum Gasteiger partial charge on any atom is -0.306 e. The van der Waals surface area contributed by atoms with Crippen molar-refractivity contribution in [1.29, 1.82) is 0 Å². The number of imidazole rings is 1. The van der Waals surface area contributed by atoms with E-state index in [1.165, 1.54) is 0 Å². The molecule has 0 amide bonds. The number of nitrogens with zero attached hydrogens (tertiary/aromatic N) is 5. The van der Waals surface area contributed by atoms with Gasteiger partial charge < -0.3 is 4.40 Å². The van der Waals surface area contributed by atoms with Gasteiger partial charge in [0.1, 0.15) is 5.65 Å². The number of aromatic nitrogens is 5. The van der Waals surface area contributed by atoms with Crippen molar-refractivity contribution in [3.05, 3.63) is 78.1 Å². The smallest absolute Gasteiger partial charge is 0.146 e. The Morgan fingerprint density at radius 2 is 1.65 bits per heavy atom. The second-order valence-electron chi connectivity index (χ2n) is 6.51. The highest BCUT2D eigenvalue weighted by atomic mass is 15.0. The van der Waals surface area contributed by atoms with Crippen molar-refractivity contribution in [1.82, 2.24) is 24.3 Å². The predicted octanol–water partition coefficient (Wildman–Crippen LogP) is 3.92. The molecule has 5 rings (SSSR count). The molecule has 26 heavy (non-hydrogen) atoms. The van der Waals surface area contributed by atoms with Gasteiger partial charge >= 0.3 is 0 Å². The average molecular weight is 339 g/mol. The number of rotatable bonds is 3. The summed E-state index contributed by atoms with van der Waals surface area (Å²) in [6.45, 7) is 2.00. The Bertz CT molecular complexity index is 1260. The molecule has 5 aromatic rings. The summed E-state index contributed by atoms with van der Waals surface area (Å²) in [6, 6.07) is 14.2. The molecule has 0 aromatic carbocycles. The Kier molecular flexibility index (Phi) is 3.38. The number of hydrogen-bond donors (Lipinski definition) is 0. The minimum absolute atomic E-state index is 0.848.